The molecule has 2 saturated heterocycles. The summed E-state index contributed by atoms with van der Waals surface area (Å²) >= 11 is 0. The molecule has 4 rings (SSSR count). The Bertz CT molecular complexity index is 462. The van der Waals surface area contributed by atoms with E-state index in [4.69, 9.17) is 9.72 Å². The molecule has 3 aliphatic rings. The zero-order valence-corrected chi connectivity index (χ0v) is 10.6. The van der Waals surface area contributed by atoms with Crippen LogP contribution in [0.2, 0.25) is 0 Å². The molecule has 2 bridgehead atoms. The molecule has 0 aliphatic carbocycles. The average molecular weight is 245 g/mol. The fourth-order valence-electron chi connectivity index (χ4n) is 3.35. The van der Waals surface area contributed by atoms with Crippen molar-refractivity contribution in [2.24, 2.45) is 0 Å². The first-order chi connectivity index (χ1) is 8.88. The van der Waals surface area contributed by atoms with Crippen molar-refractivity contribution in [3.8, 4) is 0 Å². The molecule has 0 amide bonds. The lowest BCUT2D eigenvalue weighted by Crippen LogP contribution is -2.36. The van der Waals surface area contributed by atoms with Gasteiger partial charge >= 0.3 is 0 Å². The molecule has 1 aromatic rings. The summed E-state index contributed by atoms with van der Waals surface area (Å²) in [7, 11) is 0. The molecule has 18 heavy (non-hydrogen) atoms. The van der Waals surface area contributed by atoms with E-state index in [1.165, 1.54) is 23.4 Å². The van der Waals surface area contributed by atoms with Crippen LogP contribution in [0.25, 0.3) is 0 Å². The Kier molecular flexibility index (Phi) is 2.60. The van der Waals surface area contributed by atoms with Crippen molar-refractivity contribution in [1.29, 1.82) is 0 Å². The lowest BCUT2D eigenvalue weighted by molar-refractivity contribution is 0.0268. The Morgan fingerprint density at radius 1 is 1.44 bits per heavy atom. The first-order valence-electron chi connectivity index (χ1n) is 6.92. The summed E-state index contributed by atoms with van der Waals surface area (Å²) in [5.41, 5.74) is 3.89. The van der Waals surface area contributed by atoms with Crippen LogP contribution in [0, 0.1) is 0 Å². The van der Waals surface area contributed by atoms with Crippen LogP contribution in [0.3, 0.4) is 0 Å². The Labute approximate surface area is 107 Å². The zero-order valence-electron chi connectivity index (χ0n) is 10.6. The van der Waals surface area contributed by atoms with Crippen molar-refractivity contribution in [3.63, 3.8) is 0 Å². The van der Waals surface area contributed by atoms with Crippen LogP contribution in [-0.2, 0) is 24.2 Å². The molecule has 0 radical (unpaired) electrons. The SMILES string of the molecule is c1cc2c(nc1CN1C[C@@H]3C[C@H]1CO3)CCNC2. The van der Waals surface area contributed by atoms with Crippen LogP contribution >= 0.6 is 0 Å². The van der Waals surface area contributed by atoms with Crippen LogP contribution in [0.5, 0.6) is 0 Å². The summed E-state index contributed by atoms with van der Waals surface area (Å²) in [4.78, 5) is 7.37. The van der Waals surface area contributed by atoms with Gasteiger partial charge in [-0.1, -0.05) is 6.07 Å². The lowest BCUT2D eigenvalue weighted by Gasteiger charge is -2.26. The molecule has 3 aliphatic heterocycles. The summed E-state index contributed by atoms with van der Waals surface area (Å²) in [6.45, 7) is 5.03. The second kappa shape index (κ2) is 4.30. The van der Waals surface area contributed by atoms with Gasteiger partial charge in [-0.25, -0.2) is 0 Å². The molecular formula is C14H19N3O. The zero-order chi connectivity index (χ0) is 11.9. The third-order valence-electron chi connectivity index (χ3n) is 4.36. The van der Waals surface area contributed by atoms with E-state index < -0.39 is 0 Å². The number of hydrogen-bond acceptors (Lipinski definition) is 4. The van der Waals surface area contributed by atoms with E-state index in [9.17, 15) is 0 Å². The highest BCUT2D eigenvalue weighted by Gasteiger charge is 2.38. The van der Waals surface area contributed by atoms with Gasteiger partial charge in [0.15, 0.2) is 0 Å². The third-order valence-corrected chi connectivity index (χ3v) is 4.36. The van der Waals surface area contributed by atoms with Gasteiger partial charge in [0, 0.05) is 44.3 Å². The van der Waals surface area contributed by atoms with Gasteiger partial charge in [-0.05, 0) is 18.1 Å². The van der Waals surface area contributed by atoms with Gasteiger partial charge in [0.05, 0.1) is 18.4 Å². The van der Waals surface area contributed by atoms with Crippen molar-refractivity contribution in [1.82, 2.24) is 15.2 Å². The molecule has 0 aromatic carbocycles. The maximum Gasteiger partial charge on any atom is 0.0718 e. The van der Waals surface area contributed by atoms with Crippen LogP contribution in [0.4, 0.5) is 0 Å². The maximum atomic E-state index is 5.64. The van der Waals surface area contributed by atoms with Gasteiger partial charge < -0.3 is 10.1 Å². The molecule has 96 valence electrons. The number of hydrogen-bond donors (Lipinski definition) is 1. The van der Waals surface area contributed by atoms with Crippen molar-refractivity contribution < 1.29 is 4.74 Å². The minimum Gasteiger partial charge on any atom is -0.375 e. The van der Waals surface area contributed by atoms with Crippen LogP contribution in [0.15, 0.2) is 12.1 Å². The Morgan fingerprint density at radius 2 is 2.44 bits per heavy atom. The summed E-state index contributed by atoms with van der Waals surface area (Å²) in [6, 6.07) is 5.07. The summed E-state index contributed by atoms with van der Waals surface area (Å²) in [5, 5.41) is 3.39. The summed E-state index contributed by atoms with van der Waals surface area (Å²) < 4.78 is 5.64. The van der Waals surface area contributed by atoms with Gasteiger partial charge in [-0.15, -0.1) is 0 Å². The quantitative estimate of drug-likeness (QED) is 0.832. The number of pyridine rings is 1. The molecule has 0 spiro atoms. The molecular weight excluding hydrogens is 226 g/mol. The Hall–Kier alpha value is -0.970. The van der Waals surface area contributed by atoms with E-state index in [1.807, 2.05) is 0 Å². The van der Waals surface area contributed by atoms with Crippen molar-refractivity contribution >= 4 is 0 Å². The van der Waals surface area contributed by atoms with Crippen LogP contribution in [-0.4, -0.2) is 41.7 Å². The Balaban J connectivity index is 1.51. The summed E-state index contributed by atoms with van der Waals surface area (Å²) in [6.07, 6.45) is 2.77. The number of fused-ring (bicyclic) bond motifs is 3. The standard InChI is InChI=1S/C14H19N3O/c1-2-11(16-14-3-4-15-6-10(1)14)7-17-8-13-5-12(17)9-18-13/h1-2,12-13,15H,3-9H2/t12-,13-/m0/s1. The monoisotopic (exact) mass is 245 g/mol. The molecule has 0 saturated carbocycles. The lowest BCUT2D eigenvalue weighted by atomic mass is 10.1. The predicted octanol–water partition coefficient (Wildman–Crippen LogP) is 0.700. The largest absolute Gasteiger partial charge is 0.375 e. The minimum absolute atomic E-state index is 0.483. The van der Waals surface area contributed by atoms with Gasteiger partial charge in [0.1, 0.15) is 0 Å². The highest BCUT2D eigenvalue weighted by Crippen LogP contribution is 2.29. The summed E-state index contributed by atoms with van der Waals surface area (Å²) in [5.74, 6) is 0. The number of nitrogens with one attached hydrogen (secondary N) is 1. The van der Waals surface area contributed by atoms with E-state index in [2.05, 4.69) is 22.3 Å². The molecule has 4 nitrogen and oxygen atoms in total. The first kappa shape index (κ1) is 10.9. The Morgan fingerprint density at radius 3 is 3.28 bits per heavy atom. The fraction of sp³-hybridized carbons (Fsp3) is 0.643. The van der Waals surface area contributed by atoms with Crippen molar-refractivity contribution in [3.05, 3.63) is 29.1 Å². The number of likely N-dealkylation sites (tertiary alicyclic amines) is 1. The number of aromatic nitrogens is 1. The molecule has 2 atom stereocenters. The van der Waals surface area contributed by atoms with E-state index in [-0.39, 0.29) is 0 Å². The molecule has 0 unspecified atom stereocenters. The van der Waals surface area contributed by atoms with E-state index in [0.717, 1.165) is 39.2 Å². The number of rotatable bonds is 2. The van der Waals surface area contributed by atoms with Gasteiger partial charge in [0.2, 0.25) is 0 Å². The van der Waals surface area contributed by atoms with Crippen molar-refractivity contribution in [2.75, 3.05) is 19.7 Å². The second-order valence-electron chi connectivity index (χ2n) is 5.61. The molecule has 4 heterocycles. The predicted molar refractivity (Wildman–Crippen MR) is 68.2 cm³/mol. The number of morpholine rings is 1. The molecule has 4 heteroatoms. The van der Waals surface area contributed by atoms with E-state index in [0.29, 0.717) is 12.1 Å². The minimum atomic E-state index is 0.483. The average Bonchev–Trinajstić information content (AvgIpc) is 3.01. The van der Waals surface area contributed by atoms with Gasteiger partial charge in [0.25, 0.3) is 0 Å². The second-order valence-corrected chi connectivity index (χ2v) is 5.61. The normalized spacial score (nSPS) is 30.7. The van der Waals surface area contributed by atoms with E-state index >= 15 is 0 Å². The molecule has 1 N–H and O–H groups in total. The van der Waals surface area contributed by atoms with Gasteiger partial charge in [-0.3, -0.25) is 9.88 Å². The first-order valence-corrected chi connectivity index (χ1v) is 6.92. The van der Waals surface area contributed by atoms with Crippen LogP contribution in [0.1, 0.15) is 23.4 Å². The van der Waals surface area contributed by atoms with Crippen LogP contribution < -0.4 is 5.32 Å². The fourth-order valence-corrected chi connectivity index (χ4v) is 3.35. The topological polar surface area (TPSA) is 37.4 Å². The smallest absolute Gasteiger partial charge is 0.0718 e. The molecule has 2 fully saturated rings. The highest BCUT2D eigenvalue weighted by atomic mass is 16.5. The highest BCUT2D eigenvalue weighted by molar-refractivity contribution is 5.25. The number of ether oxygens (including phenoxy) is 1. The number of nitrogens with zero attached hydrogens (tertiary/aromatic N) is 2. The maximum absolute atomic E-state index is 5.64. The van der Waals surface area contributed by atoms with Gasteiger partial charge in [-0.2, -0.15) is 0 Å². The third kappa shape index (κ3) is 1.85. The molecule has 1 aromatic heterocycles. The van der Waals surface area contributed by atoms with Crippen molar-refractivity contribution in [2.45, 2.75) is 38.1 Å². The van der Waals surface area contributed by atoms with E-state index in [1.54, 1.807) is 0 Å².